The van der Waals surface area contributed by atoms with E-state index in [2.05, 4.69) is 9.72 Å². The highest BCUT2D eigenvalue weighted by Crippen LogP contribution is 2.48. The first-order valence-corrected chi connectivity index (χ1v) is 7.48. The highest BCUT2D eigenvalue weighted by Gasteiger charge is 2.42. The van der Waals surface area contributed by atoms with E-state index in [0.29, 0.717) is 24.2 Å². The fourth-order valence-corrected chi connectivity index (χ4v) is 3.47. The Morgan fingerprint density at radius 1 is 1.50 bits per heavy atom. The number of aromatic amines is 1. The lowest BCUT2D eigenvalue weighted by Gasteiger charge is -2.12. The average Bonchev–Trinajstić information content (AvgIpc) is 3.05. The van der Waals surface area contributed by atoms with Crippen LogP contribution in [0.4, 0.5) is 18.9 Å². The average molecular weight is 342 g/mol. The van der Waals surface area contributed by atoms with Crippen molar-refractivity contribution >= 4 is 22.6 Å². The number of alkyl halides is 3. The van der Waals surface area contributed by atoms with E-state index in [0.717, 1.165) is 7.11 Å². The molecule has 0 saturated heterocycles. The predicted molar refractivity (Wildman–Crippen MR) is 82.6 cm³/mol. The van der Waals surface area contributed by atoms with Crippen molar-refractivity contribution < 1.29 is 27.8 Å². The summed E-state index contributed by atoms with van der Waals surface area (Å²) in [5.41, 5.74) is -0.585. The van der Waals surface area contributed by atoms with Crippen LogP contribution in [0.15, 0.2) is 6.07 Å². The number of nitrogens with one attached hydrogen (secondary N) is 1. The van der Waals surface area contributed by atoms with Gasteiger partial charge in [-0.25, -0.2) is 4.79 Å². The van der Waals surface area contributed by atoms with Gasteiger partial charge in [0.25, 0.3) is 0 Å². The molecule has 3 rings (SSSR count). The third kappa shape index (κ3) is 2.20. The minimum atomic E-state index is -4.77. The van der Waals surface area contributed by atoms with Gasteiger partial charge in [-0.05, 0) is 12.0 Å². The molecule has 0 radical (unpaired) electrons. The number of benzene rings is 1. The van der Waals surface area contributed by atoms with Gasteiger partial charge in [0.05, 0.1) is 18.2 Å². The van der Waals surface area contributed by atoms with Crippen molar-refractivity contribution in [2.75, 3.05) is 25.6 Å². The Hall–Kier alpha value is -2.38. The molecule has 2 aromatic rings. The van der Waals surface area contributed by atoms with E-state index in [1.807, 2.05) is 11.8 Å². The van der Waals surface area contributed by atoms with Crippen molar-refractivity contribution in [2.24, 2.45) is 0 Å². The maximum absolute atomic E-state index is 13.4. The highest BCUT2D eigenvalue weighted by atomic mass is 19.4. The first-order valence-electron chi connectivity index (χ1n) is 7.48. The summed E-state index contributed by atoms with van der Waals surface area (Å²) >= 11 is 0. The molecule has 2 heterocycles. The molecule has 130 valence electrons. The number of hydrogen-bond donors (Lipinski definition) is 2. The van der Waals surface area contributed by atoms with Gasteiger partial charge in [-0.3, -0.25) is 0 Å². The summed E-state index contributed by atoms with van der Waals surface area (Å²) in [6, 6.07) is 1.44. The van der Waals surface area contributed by atoms with Crippen LogP contribution >= 0.6 is 0 Å². The van der Waals surface area contributed by atoms with Crippen LogP contribution in [0.5, 0.6) is 5.75 Å². The van der Waals surface area contributed by atoms with Crippen LogP contribution in [0.3, 0.4) is 0 Å². The number of aromatic hydroxyl groups is 1. The normalized spacial score (nSPS) is 17.4. The highest BCUT2D eigenvalue weighted by molar-refractivity contribution is 6.10. The van der Waals surface area contributed by atoms with Gasteiger partial charge in [-0.1, -0.05) is 6.92 Å². The van der Waals surface area contributed by atoms with Gasteiger partial charge in [0, 0.05) is 36.7 Å². The Balaban J connectivity index is 2.48. The second-order valence-corrected chi connectivity index (χ2v) is 5.93. The summed E-state index contributed by atoms with van der Waals surface area (Å²) in [4.78, 5) is 16.2. The molecule has 0 aliphatic carbocycles. The minimum absolute atomic E-state index is 0.0339. The largest absolute Gasteiger partial charge is 0.506 e. The smallest absolute Gasteiger partial charge is 0.432 e. The van der Waals surface area contributed by atoms with Crippen molar-refractivity contribution in [2.45, 2.75) is 25.4 Å². The van der Waals surface area contributed by atoms with Crippen molar-refractivity contribution in [3.8, 4) is 5.75 Å². The van der Waals surface area contributed by atoms with Crippen LogP contribution in [0.25, 0.3) is 10.9 Å². The number of aromatic nitrogens is 1. The minimum Gasteiger partial charge on any atom is -0.506 e. The number of carbonyl (C=O) groups is 1. The van der Waals surface area contributed by atoms with Crippen LogP contribution in [0, 0.1) is 0 Å². The summed E-state index contributed by atoms with van der Waals surface area (Å²) in [5, 5.41) is 10.3. The Bertz CT molecular complexity index is 826. The van der Waals surface area contributed by atoms with Gasteiger partial charge >= 0.3 is 12.1 Å². The van der Waals surface area contributed by atoms with E-state index in [9.17, 15) is 23.1 Å². The first kappa shape index (κ1) is 16.5. The number of rotatable bonds is 2. The van der Waals surface area contributed by atoms with Gasteiger partial charge in [0.2, 0.25) is 0 Å². The molecule has 0 unspecified atom stereocenters. The fraction of sp³-hybridized carbons (Fsp3) is 0.438. The summed E-state index contributed by atoms with van der Waals surface area (Å²) in [5.74, 6) is -1.44. The van der Waals surface area contributed by atoms with E-state index < -0.39 is 23.4 Å². The lowest BCUT2D eigenvalue weighted by molar-refractivity contribution is -0.141. The number of nitrogens with zero attached hydrogens (tertiary/aromatic N) is 1. The second-order valence-electron chi connectivity index (χ2n) is 5.93. The first-order chi connectivity index (χ1) is 11.2. The Kier molecular flexibility index (Phi) is 3.65. The second kappa shape index (κ2) is 5.32. The van der Waals surface area contributed by atoms with Crippen LogP contribution in [0.1, 0.15) is 40.9 Å². The van der Waals surface area contributed by atoms with E-state index in [1.54, 1.807) is 7.05 Å². The number of methoxy groups -OCH3 is 1. The zero-order valence-electron chi connectivity index (χ0n) is 13.4. The molecular formula is C16H17F3N2O3. The van der Waals surface area contributed by atoms with Crippen molar-refractivity contribution in [3.05, 3.63) is 22.9 Å². The van der Waals surface area contributed by atoms with Gasteiger partial charge in [0.15, 0.2) is 0 Å². The molecule has 8 heteroatoms. The molecule has 1 aromatic carbocycles. The number of phenolic OH excluding ortho intramolecular Hbond substituents is 1. The molecule has 1 atom stereocenters. The molecule has 2 N–H and O–H groups in total. The van der Waals surface area contributed by atoms with Gasteiger partial charge in [-0.2, -0.15) is 13.2 Å². The molecule has 24 heavy (non-hydrogen) atoms. The lowest BCUT2D eigenvalue weighted by Crippen LogP contribution is -2.14. The standard InChI is InChI=1S/C16H17F3N2O3/c1-4-7-6-21(2)8-5-9(22)13-11(10(7)8)12(15(23)24-3)14(20-13)16(17,18)19/h5,7,20,22H,4,6H2,1-3H3/t7-/m1/s1. The number of esters is 1. The van der Waals surface area contributed by atoms with Crippen molar-refractivity contribution in [3.63, 3.8) is 0 Å². The summed E-state index contributed by atoms with van der Waals surface area (Å²) in [6.07, 6.45) is -4.07. The molecule has 0 bridgehead atoms. The van der Waals surface area contributed by atoms with Crippen molar-refractivity contribution in [1.29, 1.82) is 0 Å². The third-order valence-electron chi connectivity index (χ3n) is 4.55. The number of hydrogen-bond acceptors (Lipinski definition) is 4. The molecule has 0 fully saturated rings. The number of H-pyrrole nitrogens is 1. The molecule has 1 aliphatic rings. The lowest BCUT2D eigenvalue weighted by atomic mass is 9.92. The fourth-order valence-electron chi connectivity index (χ4n) is 3.47. The summed E-state index contributed by atoms with van der Waals surface area (Å²) in [6.45, 7) is 2.54. The quantitative estimate of drug-likeness (QED) is 0.818. The monoisotopic (exact) mass is 342 g/mol. The van der Waals surface area contributed by atoms with Gasteiger partial charge in [0.1, 0.15) is 11.4 Å². The number of phenols is 1. The van der Waals surface area contributed by atoms with Crippen LogP contribution in [-0.2, 0) is 10.9 Å². The SMILES string of the molecule is CC[C@@H]1CN(C)c2cc(O)c3[nH]c(C(F)(F)F)c(C(=O)OC)c3c21. The maximum atomic E-state index is 13.4. The number of halogens is 3. The number of likely N-dealkylation sites (N-methyl/N-ethyl adjacent to an activating group) is 1. The summed E-state index contributed by atoms with van der Waals surface area (Å²) < 4.78 is 44.8. The zero-order valence-corrected chi connectivity index (χ0v) is 13.4. The Labute approximate surface area is 136 Å². The molecule has 1 aliphatic heterocycles. The van der Waals surface area contributed by atoms with E-state index in [1.165, 1.54) is 6.07 Å². The predicted octanol–water partition coefficient (Wildman–Crippen LogP) is 3.62. The van der Waals surface area contributed by atoms with E-state index in [4.69, 9.17) is 0 Å². The molecule has 0 spiro atoms. The van der Waals surface area contributed by atoms with Gasteiger partial charge in [-0.15, -0.1) is 0 Å². The van der Waals surface area contributed by atoms with Gasteiger partial charge < -0.3 is 19.7 Å². The number of fused-ring (bicyclic) bond motifs is 3. The Morgan fingerprint density at radius 3 is 2.71 bits per heavy atom. The number of ether oxygens (including phenoxy) is 1. The van der Waals surface area contributed by atoms with E-state index >= 15 is 0 Å². The Morgan fingerprint density at radius 2 is 2.17 bits per heavy atom. The molecule has 0 saturated carbocycles. The maximum Gasteiger partial charge on any atom is 0.432 e. The van der Waals surface area contributed by atoms with Crippen LogP contribution in [-0.4, -0.2) is 36.8 Å². The van der Waals surface area contributed by atoms with Crippen molar-refractivity contribution in [1.82, 2.24) is 4.98 Å². The third-order valence-corrected chi connectivity index (χ3v) is 4.55. The van der Waals surface area contributed by atoms with Crippen LogP contribution < -0.4 is 4.90 Å². The zero-order chi connectivity index (χ0) is 17.8. The topological polar surface area (TPSA) is 65.6 Å². The molecule has 0 amide bonds. The number of anilines is 1. The van der Waals surface area contributed by atoms with Crippen LogP contribution in [0.2, 0.25) is 0 Å². The molecule has 1 aromatic heterocycles. The number of carbonyl (C=O) groups excluding carboxylic acids is 1. The van der Waals surface area contributed by atoms with E-state index in [-0.39, 0.29) is 22.6 Å². The molecule has 5 nitrogen and oxygen atoms in total. The molecular weight excluding hydrogens is 325 g/mol. The summed E-state index contributed by atoms with van der Waals surface area (Å²) in [7, 11) is 2.84.